The summed E-state index contributed by atoms with van der Waals surface area (Å²) in [5.41, 5.74) is 1.55. The number of rotatable bonds is 8. The van der Waals surface area contributed by atoms with Crippen LogP contribution < -0.4 is 4.74 Å². The smallest absolute Gasteiger partial charge is 0.324 e. The summed E-state index contributed by atoms with van der Waals surface area (Å²) in [6.07, 6.45) is 1.82. The van der Waals surface area contributed by atoms with Crippen molar-refractivity contribution in [3.05, 3.63) is 59.7 Å². The Balaban J connectivity index is 1.62. The molecular formula is C23H27NO6S. The number of carbonyl (C=O) groups excluding carboxylic acids is 2. The molecule has 3 rings (SSSR count). The van der Waals surface area contributed by atoms with E-state index in [2.05, 4.69) is 0 Å². The lowest BCUT2D eigenvalue weighted by Crippen LogP contribution is -2.48. The first-order valence-corrected chi connectivity index (χ1v) is 11.7. The lowest BCUT2D eigenvalue weighted by molar-refractivity contribution is -0.149. The molecule has 1 aliphatic rings. The highest BCUT2D eigenvalue weighted by Gasteiger charge is 2.38. The Kier molecular flexibility index (Phi) is 7.46. The average Bonchev–Trinajstić information content (AvgIpc) is 2.78. The van der Waals surface area contributed by atoms with Crippen LogP contribution in [0.25, 0.3) is 0 Å². The zero-order valence-corrected chi connectivity index (χ0v) is 18.6. The molecule has 0 amide bonds. The first kappa shape index (κ1) is 23.0. The second-order valence-corrected chi connectivity index (χ2v) is 9.43. The standard InChI is InChI=1S/C23H27NO6S/c1-17-6-10-20(11-7-17)29-15-16-30-23(26)22-5-3-4-14-24(22)31(27,28)21-12-8-19(9-13-21)18(2)25/h6-13,22H,3-5,14-16H2,1-2H3/t22-/m1/s1. The molecule has 0 spiro atoms. The highest BCUT2D eigenvalue weighted by molar-refractivity contribution is 7.89. The first-order valence-electron chi connectivity index (χ1n) is 10.3. The van der Waals surface area contributed by atoms with Crippen LogP contribution >= 0.6 is 0 Å². The van der Waals surface area contributed by atoms with Crippen molar-refractivity contribution in [2.24, 2.45) is 0 Å². The third kappa shape index (κ3) is 5.71. The van der Waals surface area contributed by atoms with Crippen molar-refractivity contribution >= 4 is 21.8 Å². The topological polar surface area (TPSA) is 90.0 Å². The largest absolute Gasteiger partial charge is 0.490 e. The highest BCUT2D eigenvalue weighted by atomic mass is 32.2. The summed E-state index contributed by atoms with van der Waals surface area (Å²) in [7, 11) is -3.89. The molecule has 0 unspecified atom stereocenters. The van der Waals surface area contributed by atoms with Crippen LogP contribution in [-0.2, 0) is 19.6 Å². The Labute approximate surface area is 183 Å². The fourth-order valence-electron chi connectivity index (χ4n) is 3.46. The number of esters is 1. The second-order valence-electron chi connectivity index (χ2n) is 7.54. The molecule has 0 radical (unpaired) electrons. The molecule has 0 aliphatic carbocycles. The monoisotopic (exact) mass is 445 g/mol. The van der Waals surface area contributed by atoms with E-state index in [0.717, 1.165) is 12.0 Å². The van der Waals surface area contributed by atoms with Crippen LogP contribution in [-0.4, -0.2) is 50.3 Å². The van der Waals surface area contributed by atoms with E-state index in [1.807, 2.05) is 31.2 Å². The van der Waals surface area contributed by atoms with Crippen molar-refractivity contribution < 1.29 is 27.5 Å². The van der Waals surface area contributed by atoms with Gasteiger partial charge in [-0.1, -0.05) is 29.8 Å². The number of ether oxygens (including phenoxy) is 2. The zero-order chi connectivity index (χ0) is 22.4. The lowest BCUT2D eigenvalue weighted by atomic mass is 10.1. The van der Waals surface area contributed by atoms with Crippen LogP contribution in [0.5, 0.6) is 5.75 Å². The van der Waals surface area contributed by atoms with Crippen LogP contribution in [0.2, 0.25) is 0 Å². The van der Waals surface area contributed by atoms with Gasteiger partial charge in [0.2, 0.25) is 10.0 Å². The van der Waals surface area contributed by atoms with E-state index < -0.39 is 22.0 Å². The number of nitrogens with zero attached hydrogens (tertiary/aromatic N) is 1. The maximum absolute atomic E-state index is 13.1. The Morgan fingerprint density at radius 1 is 1.00 bits per heavy atom. The van der Waals surface area contributed by atoms with Gasteiger partial charge in [0, 0.05) is 12.1 Å². The second kappa shape index (κ2) is 10.1. The van der Waals surface area contributed by atoms with Crippen molar-refractivity contribution in [2.45, 2.75) is 44.0 Å². The van der Waals surface area contributed by atoms with Gasteiger partial charge in [0.05, 0.1) is 4.90 Å². The van der Waals surface area contributed by atoms with Crippen molar-refractivity contribution in [2.75, 3.05) is 19.8 Å². The summed E-state index contributed by atoms with van der Waals surface area (Å²) in [5, 5.41) is 0. The molecule has 8 heteroatoms. The van der Waals surface area contributed by atoms with Crippen molar-refractivity contribution in [1.29, 1.82) is 0 Å². The summed E-state index contributed by atoms with van der Waals surface area (Å²) in [6, 6.07) is 12.4. The number of hydrogen-bond acceptors (Lipinski definition) is 6. The summed E-state index contributed by atoms with van der Waals surface area (Å²) < 4.78 is 38.4. The third-order valence-corrected chi connectivity index (χ3v) is 7.13. The van der Waals surface area contributed by atoms with Gasteiger partial charge in [0.1, 0.15) is 25.0 Å². The van der Waals surface area contributed by atoms with Crippen LogP contribution in [0.1, 0.15) is 42.1 Å². The number of piperidine rings is 1. The number of sulfonamides is 1. The molecule has 31 heavy (non-hydrogen) atoms. The van der Waals surface area contributed by atoms with Gasteiger partial charge >= 0.3 is 5.97 Å². The van der Waals surface area contributed by atoms with E-state index in [0.29, 0.717) is 24.2 Å². The Morgan fingerprint density at radius 2 is 1.68 bits per heavy atom. The fourth-order valence-corrected chi connectivity index (χ4v) is 5.10. The predicted octanol–water partition coefficient (Wildman–Crippen LogP) is 3.36. The van der Waals surface area contributed by atoms with E-state index in [1.165, 1.54) is 35.5 Å². The molecule has 0 bridgehead atoms. The minimum absolute atomic E-state index is 0.0321. The summed E-state index contributed by atoms with van der Waals surface area (Å²) >= 11 is 0. The molecule has 0 aromatic heterocycles. The van der Waals surface area contributed by atoms with Gasteiger partial charge in [-0.25, -0.2) is 8.42 Å². The molecule has 1 fully saturated rings. The third-order valence-electron chi connectivity index (χ3n) is 5.21. The highest BCUT2D eigenvalue weighted by Crippen LogP contribution is 2.26. The number of benzene rings is 2. The van der Waals surface area contributed by atoms with Crippen LogP contribution in [0, 0.1) is 6.92 Å². The van der Waals surface area contributed by atoms with Gasteiger partial charge in [-0.05, 0) is 57.4 Å². The zero-order valence-electron chi connectivity index (χ0n) is 17.7. The minimum atomic E-state index is -3.89. The van der Waals surface area contributed by atoms with Gasteiger partial charge < -0.3 is 9.47 Å². The van der Waals surface area contributed by atoms with Gasteiger partial charge in [-0.15, -0.1) is 0 Å². The fraction of sp³-hybridized carbons (Fsp3) is 0.391. The normalized spacial score (nSPS) is 17.2. The van der Waals surface area contributed by atoms with Gasteiger partial charge in [0.25, 0.3) is 0 Å². The van der Waals surface area contributed by atoms with Gasteiger partial charge in [-0.2, -0.15) is 4.31 Å². The number of hydrogen-bond donors (Lipinski definition) is 0. The SMILES string of the molecule is CC(=O)c1ccc(S(=O)(=O)N2CCCC[C@@H]2C(=O)OCCOc2ccc(C)cc2)cc1. The Bertz CT molecular complexity index is 1020. The van der Waals surface area contributed by atoms with Crippen molar-refractivity contribution in [1.82, 2.24) is 4.31 Å². The Morgan fingerprint density at radius 3 is 2.32 bits per heavy atom. The summed E-state index contributed by atoms with van der Waals surface area (Å²) in [5.74, 6) is -0.0371. The van der Waals surface area contributed by atoms with Crippen LogP contribution in [0.4, 0.5) is 0 Å². The van der Waals surface area contributed by atoms with Crippen LogP contribution in [0.15, 0.2) is 53.4 Å². The van der Waals surface area contributed by atoms with E-state index in [9.17, 15) is 18.0 Å². The maximum Gasteiger partial charge on any atom is 0.324 e. The molecule has 1 aliphatic heterocycles. The van der Waals surface area contributed by atoms with E-state index in [1.54, 1.807) is 0 Å². The number of Topliss-reactive ketones (excluding diaryl/α,β-unsaturated/α-hetero) is 1. The van der Waals surface area contributed by atoms with Crippen LogP contribution in [0.3, 0.4) is 0 Å². The van der Waals surface area contributed by atoms with E-state index >= 15 is 0 Å². The van der Waals surface area contributed by atoms with E-state index in [-0.39, 0.29) is 30.4 Å². The molecular weight excluding hydrogens is 418 g/mol. The number of aryl methyl sites for hydroxylation is 1. The minimum Gasteiger partial charge on any atom is -0.490 e. The molecule has 0 N–H and O–H groups in total. The number of carbonyl (C=O) groups is 2. The predicted molar refractivity (Wildman–Crippen MR) is 116 cm³/mol. The molecule has 1 saturated heterocycles. The first-order chi connectivity index (χ1) is 14.8. The average molecular weight is 446 g/mol. The summed E-state index contributed by atoms with van der Waals surface area (Å²) in [6.45, 7) is 3.86. The quantitative estimate of drug-likeness (QED) is 0.352. The van der Waals surface area contributed by atoms with Crippen molar-refractivity contribution in [3.63, 3.8) is 0 Å². The summed E-state index contributed by atoms with van der Waals surface area (Å²) in [4.78, 5) is 24.2. The molecule has 1 atom stereocenters. The van der Waals surface area contributed by atoms with E-state index in [4.69, 9.17) is 9.47 Å². The van der Waals surface area contributed by atoms with Gasteiger partial charge in [-0.3, -0.25) is 9.59 Å². The molecule has 0 saturated carbocycles. The Hall–Kier alpha value is -2.71. The molecule has 166 valence electrons. The maximum atomic E-state index is 13.1. The molecule has 1 heterocycles. The molecule has 2 aromatic rings. The van der Waals surface area contributed by atoms with Crippen molar-refractivity contribution in [3.8, 4) is 5.75 Å². The lowest BCUT2D eigenvalue weighted by Gasteiger charge is -2.33. The van der Waals surface area contributed by atoms with Gasteiger partial charge in [0.15, 0.2) is 5.78 Å². The number of ketones is 1. The molecule has 7 nitrogen and oxygen atoms in total. The molecule has 2 aromatic carbocycles.